The predicted molar refractivity (Wildman–Crippen MR) is 114 cm³/mol. The Morgan fingerprint density at radius 1 is 0.880 bits per heavy atom. The van der Waals surface area contributed by atoms with Crippen LogP contribution < -0.4 is 10.2 Å². The molecular weight excluding hydrogens is 304 g/mol. The molecule has 2 nitrogen and oxygen atoms in total. The van der Waals surface area contributed by atoms with E-state index < -0.39 is 0 Å². The van der Waals surface area contributed by atoms with Crippen molar-refractivity contribution in [2.24, 2.45) is 0 Å². The molecule has 2 heteroatoms. The molecule has 144 valence electrons. The summed E-state index contributed by atoms with van der Waals surface area (Å²) in [6, 6.07) is 11.3. The first kappa shape index (κ1) is 22.0. The highest BCUT2D eigenvalue weighted by Gasteiger charge is 2.18. The minimum atomic E-state index is 0.169. The molecular formula is C23H42N2. The largest absolute Gasteiger partial charge is 0.373 e. The first-order chi connectivity index (χ1) is 11.9. The number of nitrogens with zero attached hydrogens (tertiary/aromatic N) is 1. The van der Waals surface area contributed by atoms with Crippen LogP contribution in [0, 0.1) is 0 Å². The fraction of sp³-hybridized carbons (Fsp3) is 0.739. The summed E-state index contributed by atoms with van der Waals surface area (Å²) in [7, 11) is 2.21. The van der Waals surface area contributed by atoms with Gasteiger partial charge in [-0.25, -0.2) is 0 Å². The van der Waals surface area contributed by atoms with Crippen LogP contribution in [0.5, 0.6) is 0 Å². The van der Waals surface area contributed by atoms with E-state index >= 15 is 0 Å². The Labute approximate surface area is 157 Å². The van der Waals surface area contributed by atoms with Crippen LogP contribution in [-0.4, -0.2) is 25.2 Å². The number of likely N-dealkylation sites (N-methyl/N-ethyl adjacent to an activating group) is 1. The van der Waals surface area contributed by atoms with Gasteiger partial charge in [-0.05, 0) is 39.3 Å². The van der Waals surface area contributed by atoms with Gasteiger partial charge in [0.1, 0.15) is 0 Å². The zero-order chi connectivity index (χ0) is 18.5. The molecule has 1 unspecified atom stereocenters. The lowest BCUT2D eigenvalue weighted by Crippen LogP contribution is -2.48. The molecule has 0 amide bonds. The number of hydrogen-bond donors (Lipinski definition) is 1. The van der Waals surface area contributed by atoms with Gasteiger partial charge in [0.25, 0.3) is 0 Å². The third-order valence-electron chi connectivity index (χ3n) is 4.73. The summed E-state index contributed by atoms with van der Waals surface area (Å²) in [6.07, 6.45) is 12.4. The molecule has 25 heavy (non-hydrogen) atoms. The van der Waals surface area contributed by atoms with Gasteiger partial charge in [0.05, 0.1) is 0 Å². The molecule has 1 aromatic carbocycles. The van der Waals surface area contributed by atoms with Gasteiger partial charge in [0.2, 0.25) is 0 Å². The van der Waals surface area contributed by atoms with Crippen molar-refractivity contribution in [2.45, 2.75) is 97.1 Å². The van der Waals surface area contributed by atoms with E-state index in [-0.39, 0.29) is 5.54 Å². The topological polar surface area (TPSA) is 15.3 Å². The minimum absolute atomic E-state index is 0.169. The lowest BCUT2D eigenvalue weighted by molar-refractivity contribution is 0.339. The van der Waals surface area contributed by atoms with Crippen molar-refractivity contribution in [3.63, 3.8) is 0 Å². The molecule has 1 aromatic rings. The Kier molecular flexibility index (Phi) is 10.9. The number of anilines is 1. The van der Waals surface area contributed by atoms with E-state index in [4.69, 9.17) is 0 Å². The van der Waals surface area contributed by atoms with Crippen molar-refractivity contribution in [3.05, 3.63) is 30.3 Å². The average Bonchev–Trinajstić information content (AvgIpc) is 2.56. The molecule has 1 N–H and O–H groups in total. The summed E-state index contributed by atoms with van der Waals surface area (Å²) < 4.78 is 0. The number of nitrogens with one attached hydrogen (secondary N) is 1. The second-order valence-electron chi connectivity index (χ2n) is 8.57. The molecule has 1 atom stereocenters. The number of rotatable bonds is 13. The Morgan fingerprint density at radius 2 is 1.44 bits per heavy atom. The molecule has 0 aliphatic heterocycles. The van der Waals surface area contributed by atoms with Crippen LogP contribution in [-0.2, 0) is 0 Å². The molecule has 0 radical (unpaired) electrons. The molecule has 0 saturated carbocycles. The van der Waals surface area contributed by atoms with Crippen molar-refractivity contribution < 1.29 is 0 Å². The summed E-state index contributed by atoms with van der Waals surface area (Å²) in [6.45, 7) is 10.2. The Hall–Kier alpha value is -1.02. The highest BCUT2D eigenvalue weighted by Crippen LogP contribution is 2.16. The lowest BCUT2D eigenvalue weighted by Gasteiger charge is -2.32. The van der Waals surface area contributed by atoms with E-state index in [1.165, 1.54) is 63.5 Å². The molecule has 0 saturated heterocycles. The van der Waals surface area contributed by atoms with Crippen LogP contribution >= 0.6 is 0 Å². The molecule has 0 aliphatic carbocycles. The molecule has 0 aliphatic rings. The van der Waals surface area contributed by atoms with E-state index in [1.54, 1.807) is 0 Å². The lowest BCUT2D eigenvalue weighted by atomic mass is 10.0. The monoisotopic (exact) mass is 346 g/mol. The number of hydrogen-bond acceptors (Lipinski definition) is 2. The highest BCUT2D eigenvalue weighted by atomic mass is 15.1. The van der Waals surface area contributed by atoms with Gasteiger partial charge in [-0.3, -0.25) is 0 Å². The third kappa shape index (κ3) is 11.3. The van der Waals surface area contributed by atoms with Crippen LogP contribution in [0.15, 0.2) is 30.3 Å². The number of para-hydroxylation sites is 1. The van der Waals surface area contributed by atoms with E-state index in [2.05, 4.69) is 75.3 Å². The second-order valence-corrected chi connectivity index (χ2v) is 8.57. The standard InChI is InChI=1S/C23H42N2/c1-6-7-8-9-10-11-12-14-17-21(24-23(2,3)4)20-25(5)22-18-15-13-16-19-22/h13,15-16,18-19,21,24H,6-12,14,17,20H2,1-5H3. The van der Waals surface area contributed by atoms with Crippen LogP contribution in [0.1, 0.15) is 85.5 Å². The molecule has 0 spiro atoms. The van der Waals surface area contributed by atoms with Crippen LogP contribution in [0.25, 0.3) is 0 Å². The Morgan fingerprint density at radius 3 is 2.00 bits per heavy atom. The first-order valence-corrected chi connectivity index (χ1v) is 10.5. The maximum atomic E-state index is 3.83. The van der Waals surface area contributed by atoms with E-state index in [9.17, 15) is 0 Å². The summed E-state index contributed by atoms with van der Waals surface area (Å²) in [4.78, 5) is 2.38. The quantitative estimate of drug-likeness (QED) is 0.415. The summed E-state index contributed by atoms with van der Waals surface area (Å²) in [5.74, 6) is 0. The molecule has 0 aromatic heterocycles. The second kappa shape index (κ2) is 12.4. The predicted octanol–water partition coefficient (Wildman–Crippen LogP) is 6.41. The van der Waals surface area contributed by atoms with Crippen molar-refractivity contribution in [1.29, 1.82) is 0 Å². The van der Waals surface area contributed by atoms with E-state index in [1.807, 2.05) is 0 Å². The minimum Gasteiger partial charge on any atom is -0.373 e. The average molecular weight is 347 g/mol. The number of benzene rings is 1. The fourth-order valence-electron chi connectivity index (χ4n) is 3.46. The molecule has 0 heterocycles. The van der Waals surface area contributed by atoms with Gasteiger partial charge in [-0.1, -0.05) is 76.5 Å². The van der Waals surface area contributed by atoms with E-state index in [0.717, 1.165) is 6.54 Å². The smallest absolute Gasteiger partial charge is 0.0364 e. The highest BCUT2D eigenvalue weighted by molar-refractivity contribution is 5.45. The van der Waals surface area contributed by atoms with Gasteiger partial charge in [-0.15, -0.1) is 0 Å². The first-order valence-electron chi connectivity index (χ1n) is 10.5. The van der Waals surface area contributed by atoms with Gasteiger partial charge in [-0.2, -0.15) is 0 Å². The summed E-state index contributed by atoms with van der Waals surface area (Å²) in [5, 5.41) is 3.83. The number of unbranched alkanes of at least 4 members (excludes halogenated alkanes) is 7. The maximum absolute atomic E-state index is 3.83. The van der Waals surface area contributed by atoms with Gasteiger partial charge >= 0.3 is 0 Å². The maximum Gasteiger partial charge on any atom is 0.0364 e. The SMILES string of the molecule is CCCCCCCCCCC(CN(C)c1ccccc1)NC(C)(C)C. The van der Waals surface area contributed by atoms with Crippen LogP contribution in [0.4, 0.5) is 5.69 Å². The summed E-state index contributed by atoms with van der Waals surface area (Å²) in [5.41, 5.74) is 1.47. The molecule has 0 fully saturated rings. The Balaban J connectivity index is 2.35. The third-order valence-corrected chi connectivity index (χ3v) is 4.73. The van der Waals surface area contributed by atoms with Crippen molar-refractivity contribution in [2.75, 3.05) is 18.5 Å². The van der Waals surface area contributed by atoms with Crippen molar-refractivity contribution in [3.8, 4) is 0 Å². The van der Waals surface area contributed by atoms with E-state index in [0.29, 0.717) is 6.04 Å². The van der Waals surface area contributed by atoms with Crippen LogP contribution in [0.2, 0.25) is 0 Å². The van der Waals surface area contributed by atoms with Crippen molar-refractivity contribution in [1.82, 2.24) is 5.32 Å². The zero-order valence-corrected chi connectivity index (χ0v) is 17.5. The molecule has 1 rings (SSSR count). The Bertz CT molecular complexity index is 421. The van der Waals surface area contributed by atoms with Gasteiger partial charge in [0, 0.05) is 30.9 Å². The van der Waals surface area contributed by atoms with Gasteiger partial charge < -0.3 is 10.2 Å². The summed E-state index contributed by atoms with van der Waals surface area (Å²) >= 11 is 0. The fourth-order valence-corrected chi connectivity index (χ4v) is 3.46. The van der Waals surface area contributed by atoms with Gasteiger partial charge in [0.15, 0.2) is 0 Å². The zero-order valence-electron chi connectivity index (χ0n) is 17.5. The normalized spacial score (nSPS) is 13.0. The van der Waals surface area contributed by atoms with Crippen molar-refractivity contribution >= 4 is 5.69 Å². The molecule has 0 bridgehead atoms. The van der Waals surface area contributed by atoms with Crippen LogP contribution in [0.3, 0.4) is 0 Å².